The summed E-state index contributed by atoms with van der Waals surface area (Å²) in [4.78, 5) is 11.2. The van der Waals surface area contributed by atoms with Crippen LogP contribution in [0.1, 0.15) is 11.1 Å². The van der Waals surface area contributed by atoms with Gasteiger partial charge in [0.25, 0.3) is 0 Å². The summed E-state index contributed by atoms with van der Waals surface area (Å²) in [5.41, 5.74) is 3.29. The highest BCUT2D eigenvalue weighted by Crippen LogP contribution is 2.19. The van der Waals surface area contributed by atoms with Crippen LogP contribution >= 0.6 is 0 Å². The number of aryl methyl sites for hydroxylation is 1. The fourth-order valence-electron chi connectivity index (χ4n) is 2.70. The second kappa shape index (κ2) is 6.96. The molecule has 1 aromatic heterocycles. The maximum Gasteiger partial charge on any atom is 0.159 e. The van der Waals surface area contributed by atoms with E-state index < -0.39 is 0 Å². The zero-order valence-corrected chi connectivity index (χ0v) is 12.8. The molecule has 5 heteroatoms. The van der Waals surface area contributed by atoms with Crippen molar-refractivity contribution in [3.63, 3.8) is 0 Å². The van der Waals surface area contributed by atoms with Gasteiger partial charge in [-0.2, -0.15) is 0 Å². The first-order chi connectivity index (χ1) is 10.8. The first kappa shape index (κ1) is 15.1. The number of aliphatic hydroxyl groups is 1. The molecule has 0 bridgehead atoms. The molecule has 2 heterocycles. The van der Waals surface area contributed by atoms with Gasteiger partial charge in [0.15, 0.2) is 5.82 Å². The van der Waals surface area contributed by atoms with Gasteiger partial charge in [-0.15, -0.1) is 0 Å². The van der Waals surface area contributed by atoms with Crippen LogP contribution in [0.5, 0.6) is 0 Å². The van der Waals surface area contributed by atoms with E-state index in [0.717, 1.165) is 30.0 Å². The molecule has 1 aliphatic heterocycles. The van der Waals surface area contributed by atoms with Crippen molar-refractivity contribution in [2.24, 2.45) is 0 Å². The molecule has 0 unspecified atom stereocenters. The number of rotatable bonds is 4. The van der Waals surface area contributed by atoms with Crippen molar-refractivity contribution in [1.29, 1.82) is 0 Å². The van der Waals surface area contributed by atoms with Crippen LogP contribution in [0.25, 0.3) is 11.4 Å². The summed E-state index contributed by atoms with van der Waals surface area (Å²) < 4.78 is 5.40. The molecule has 0 amide bonds. The van der Waals surface area contributed by atoms with Gasteiger partial charge in [-0.25, -0.2) is 9.97 Å². The molecular weight excluding hydrogens is 278 g/mol. The lowest BCUT2D eigenvalue weighted by Gasteiger charge is -2.34. The van der Waals surface area contributed by atoms with Gasteiger partial charge in [-0.1, -0.05) is 24.3 Å². The molecule has 3 rings (SSSR count). The van der Waals surface area contributed by atoms with E-state index in [1.807, 2.05) is 30.6 Å². The first-order valence-corrected chi connectivity index (χ1v) is 7.57. The molecule has 0 saturated carbocycles. The maximum atomic E-state index is 9.41. The summed E-state index contributed by atoms with van der Waals surface area (Å²) in [6.45, 7) is 5.03. The molecule has 1 atom stereocenters. The second-order valence-corrected chi connectivity index (χ2v) is 5.61. The monoisotopic (exact) mass is 299 g/mol. The SMILES string of the molecule is Cc1ccccc1-c1ncc(CN2CCOC[C@H]2CO)cn1. The van der Waals surface area contributed by atoms with Gasteiger partial charge < -0.3 is 9.84 Å². The highest BCUT2D eigenvalue weighted by Gasteiger charge is 2.22. The van der Waals surface area contributed by atoms with Gasteiger partial charge >= 0.3 is 0 Å². The van der Waals surface area contributed by atoms with Crippen LogP contribution in [0, 0.1) is 6.92 Å². The Hall–Kier alpha value is -1.82. The largest absolute Gasteiger partial charge is 0.395 e. The van der Waals surface area contributed by atoms with Gasteiger partial charge in [0, 0.05) is 36.6 Å². The average molecular weight is 299 g/mol. The highest BCUT2D eigenvalue weighted by atomic mass is 16.5. The standard InChI is InChI=1S/C17H21N3O2/c1-13-4-2-3-5-16(13)17-18-8-14(9-19-17)10-20-6-7-22-12-15(20)11-21/h2-5,8-9,15,21H,6-7,10-12H2,1H3/t15-/m1/s1. The van der Waals surface area contributed by atoms with Crippen molar-refractivity contribution in [3.05, 3.63) is 47.8 Å². The third-order valence-electron chi connectivity index (χ3n) is 4.04. The molecule has 1 N–H and O–H groups in total. The Morgan fingerprint density at radius 2 is 2.05 bits per heavy atom. The van der Waals surface area contributed by atoms with E-state index in [1.54, 1.807) is 0 Å². The van der Waals surface area contributed by atoms with E-state index in [-0.39, 0.29) is 12.6 Å². The predicted octanol–water partition coefficient (Wildman–Crippen LogP) is 1.65. The summed E-state index contributed by atoms with van der Waals surface area (Å²) >= 11 is 0. The lowest BCUT2D eigenvalue weighted by atomic mass is 10.1. The number of hydrogen-bond donors (Lipinski definition) is 1. The maximum absolute atomic E-state index is 9.41. The molecule has 0 aliphatic carbocycles. The Morgan fingerprint density at radius 3 is 2.77 bits per heavy atom. The summed E-state index contributed by atoms with van der Waals surface area (Å²) in [5.74, 6) is 0.752. The summed E-state index contributed by atoms with van der Waals surface area (Å²) in [6, 6.07) is 8.17. The molecule has 0 spiro atoms. The second-order valence-electron chi connectivity index (χ2n) is 5.61. The molecule has 1 aliphatic rings. The third kappa shape index (κ3) is 3.32. The fourth-order valence-corrected chi connectivity index (χ4v) is 2.70. The summed E-state index contributed by atoms with van der Waals surface area (Å²) in [5, 5.41) is 9.41. The molecule has 1 fully saturated rings. The molecule has 5 nitrogen and oxygen atoms in total. The number of aliphatic hydroxyl groups excluding tert-OH is 1. The Labute approximate surface area is 130 Å². The van der Waals surface area contributed by atoms with Crippen molar-refractivity contribution in [2.45, 2.75) is 19.5 Å². The van der Waals surface area contributed by atoms with E-state index in [0.29, 0.717) is 13.2 Å². The van der Waals surface area contributed by atoms with Crippen LogP contribution in [0.15, 0.2) is 36.7 Å². The Balaban J connectivity index is 1.73. The molecule has 2 aromatic rings. The van der Waals surface area contributed by atoms with Crippen molar-refractivity contribution in [2.75, 3.05) is 26.4 Å². The van der Waals surface area contributed by atoms with Crippen molar-refractivity contribution < 1.29 is 9.84 Å². The Kier molecular flexibility index (Phi) is 4.77. The minimum absolute atomic E-state index is 0.0600. The van der Waals surface area contributed by atoms with Gasteiger partial charge in [-0.05, 0) is 12.5 Å². The number of ether oxygens (including phenoxy) is 1. The number of nitrogens with zero attached hydrogens (tertiary/aromatic N) is 3. The van der Waals surface area contributed by atoms with E-state index in [4.69, 9.17) is 4.74 Å². The van der Waals surface area contributed by atoms with Gasteiger partial charge in [-0.3, -0.25) is 4.90 Å². The minimum Gasteiger partial charge on any atom is -0.395 e. The number of aromatic nitrogens is 2. The molecule has 22 heavy (non-hydrogen) atoms. The molecule has 1 aromatic carbocycles. The summed E-state index contributed by atoms with van der Waals surface area (Å²) in [7, 11) is 0. The average Bonchev–Trinajstić information content (AvgIpc) is 2.57. The summed E-state index contributed by atoms with van der Waals surface area (Å²) in [6.07, 6.45) is 3.75. The quantitative estimate of drug-likeness (QED) is 0.930. The van der Waals surface area contributed by atoms with Crippen LogP contribution in [0.4, 0.5) is 0 Å². The van der Waals surface area contributed by atoms with Gasteiger partial charge in [0.2, 0.25) is 0 Å². The van der Waals surface area contributed by atoms with Gasteiger partial charge in [0.05, 0.1) is 25.9 Å². The minimum atomic E-state index is 0.0600. The fraction of sp³-hybridized carbons (Fsp3) is 0.412. The van der Waals surface area contributed by atoms with Crippen LogP contribution in [0.2, 0.25) is 0 Å². The van der Waals surface area contributed by atoms with Crippen molar-refractivity contribution >= 4 is 0 Å². The van der Waals surface area contributed by atoms with Gasteiger partial charge in [0.1, 0.15) is 0 Å². The highest BCUT2D eigenvalue weighted by molar-refractivity contribution is 5.59. The van der Waals surface area contributed by atoms with Crippen LogP contribution in [-0.2, 0) is 11.3 Å². The smallest absolute Gasteiger partial charge is 0.159 e. The normalized spacial score (nSPS) is 19.3. The van der Waals surface area contributed by atoms with E-state index in [2.05, 4.69) is 27.9 Å². The number of morpholine rings is 1. The van der Waals surface area contributed by atoms with Crippen molar-refractivity contribution in [3.8, 4) is 11.4 Å². The Morgan fingerprint density at radius 1 is 1.27 bits per heavy atom. The molecule has 1 saturated heterocycles. The molecule has 0 radical (unpaired) electrons. The number of benzene rings is 1. The van der Waals surface area contributed by atoms with Crippen molar-refractivity contribution in [1.82, 2.24) is 14.9 Å². The lowest BCUT2D eigenvalue weighted by molar-refractivity contribution is -0.0313. The topological polar surface area (TPSA) is 58.5 Å². The first-order valence-electron chi connectivity index (χ1n) is 7.57. The molecular formula is C17H21N3O2. The van der Waals surface area contributed by atoms with Crippen LogP contribution in [-0.4, -0.2) is 52.4 Å². The van der Waals surface area contributed by atoms with E-state index in [1.165, 1.54) is 5.56 Å². The predicted molar refractivity (Wildman–Crippen MR) is 84.3 cm³/mol. The third-order valence-corrected chi connectivity index (χ3v) is 4.04. The van der Waals surface area contributed by atoms with E-state index >= 15 is 0 Å². The Bertz CT molecular complexity index is 616. The lowest BCUT2D eigenvalue weighted by Crippen LogP contribution is -2.46. The van der Waals surface area contributed by atoms with Crippen LogP contribution in [0.3, 0.4) is 0 Å². The zero-order valence-electron chi connectivity index (χ0n) is 12.8. The number of hydrogen-bond acceptors (Lipinski definition) is 5. The van der Waals surface area contributed by atoms with E-state index in [9.17, 15) is 5.11 Å². The zero-order chi connectivity index (χ0) is 15.4. The molecule has 116 valence electrons. The van der Waals surface area contributed by atoms with Crippen LogP contribution < -0.4 is 0 Å².